The predicted molar refractivity (Wildman–Crippen MR) is 170 cm³/mol. The molecule has 19 heteroatoms. The highest BCUT2D eigenvalue weighted by molar-refractivity contribution is 7.57. The number of aromatic nitrogens is 5. The number of hydrogen-bond acceptors (Lipinski definition) is 13. The molecule has 0 saturated carbocycles. The fraction of sp³-hybridized carbons (Fsp3) is 0.379. The summed E-state index contributed by atoms with van der Waals surface area (Å²) in [6.07, 6.45) is 1.07. The third-order valence-electron chi connectivity index (χ3n) is 6.96. The van der Waals surface area contributed by atoms with Crippen LogP contribution in [0.15, 0.2) is 72.6 Å². The van der Waals surface area contributed by atoms with Crippen LogP contribution in [0.25, 0.3) is 21.6 Å². The first kappa shape index (κ1) is 34.4. The summed E-state index contributed by atoms with van der Waals surface area (Å²) in [5.74, 6) is -0.690. The van der Waals surface area contributed by atoms with Gasteiger partial charge in [-0.2, -0.15) is 0 Å². The van der Waals surface area contributed by atoms with Crippen LogP contribution in [0.5, 0.6) is 5.75 Å². The number of nitrogens with one attached hydrogen (secondary N) is 2. The Morgan fingerprint density at radius 3 is 2.60 bits per heavy atom. The summed E-state index contributed by atoms with van der Waals surface area (Å²) in [5.41, 5.74) is 10.0. The van der Waals surface area contributed by atoms with Crippen molar-refractivity contribution in [2.24, 2.45) is 5.11 Å². The summed E-state index contributed by atoms with van der Waals surface area (Å²) < 4.78 is 38.2. The number of carbonyl (C=O) groups excluding carboxylic acids is 2. The molecule has 5 rings (SSSR count). The lowest BCUT2D eigenvalue weighted by Gasteiger charge is -2.25. The van der Waals surface area contributed by atoms with E-state index < -0.39 is 56.3 Å². The smallest absolute Gasteiger partial charge is 0.342 e. The molecule has 1 fully saturated rings. The minimum Gasteiger partial charge on any atom is -0.462 e. The number of rotatable bonds is 14. The van der Waals surface area contributed by atoms with Crippen LogP contribution < -0.4 is 14.9 Å². The number of imidazole rings is 1. The Balaban J connectivity index is 1.31. The lowest BCUT2D eigenvalue weighted by Crippen LogP contribution is -2.37. The Morgan fingerprint density at radius 2 is 1.90 bits per heavy atom. The molecule has 6 atom stereocenters. The van der Waals surface area contributed by atoms with Crippen LogP contribution in [0.2, 0.25) is 0 Å². The molecule has 1 aliphatic heterocycles. The Morgan fingerprint density at radius 1 is 1.15 bits per heavy atom. The number of benzene rings is 1. The lowest BCUT2D eigenvalue weighted by atomic mass is 10.1. The molecule has 3 N–H and O–H groups in total. The zero-order valence-electron chi connectivity index (χ0n) is 26.1. The SMILES string of the molecule is CC(C)OC(=O)C(C)NP(=O)(COC[C@H]1O[C@@H](n2cnc3c(NC(=O)c4ccncc4)ncnc32)C(O)[C@H]1N=[N+]=[N-])Oc1ccccc1. The lowest BCUT2D eigenvalue weighted by molar-refractivity contribution is -0.149. The van der Waals surface area contributed by atoms with Crippen molar-refractivity contribution in [2.75, 3.05) is 18.3 Å². The summed E-state index contributed by atoms with van der Waals surface area (Å²) in [6.45, 7) is 4.58. The topological polar surface area (TPSA) is 238 Å². The van der Waals surface area contributed by atoms with Gasteiger partial charge in [0.1, 0.15) is 30.6 Å². The highest BCUT2D eigenvalue weighted by atomic mass is 31.2. The molecule has 3 unspecified atom stereocenters. The van der Waals surface area contributed by atoms with Crippen molar-refractivity contribution in [1.82, 2.24) is 29.6 Å². The number of pyridine rings is 1. The average molecular weight is 681 g/mol. The highest BCUT2D eigenvalue weighted by Gasteiger charge is 2.45. The van der Waals surface area contributed by atoms with Crippen LogP contribution in [0.3, 0.4) is 0 Å². The molecule has 1 amide bonds. The van der Waals surface area contributed by atoms with E-state index >= 15 is 0 Å². The van der Waals surface area contributed by atoms with E-state index in [0.29, 0.717) is 5.56 Å². The van der Waals surface area contributed by atoms with Gasteiger partial charge in [0.15, 0.2) is 23.2 Å². The average Bonchev–Trinajstić information content (AvgIpc) is 3.63. The quantitative estimate of drug-likeness (QED) is 0.0568. The number of anilines is 1. The van der Waals surface area contributed by atoms with Crippen LogP contribution in [0.1, 0.15) is 37.4 Å². The van der Waals surface area contributed by atoms with E-state index in [0.717, 1.165) is 0 Å². The molecule has 0 radical (unpaired) electrons. The standard InChI is InChI=1S/C29H33N10O8P/c1-17(2)45-29(42)18(3)37-48(43,47-20-7-5-4-6-8-20)16-44-13-21-22(36-38-30)24(40)28(46-21)39-15-34-23-25(32-14-33-26(23)39)35-27(41)19-9-11-31-12-10-19/h4-12,14-15,17-18,21-22,24,28,40H,13,16H2,1-3H3,(H,37,43)(H,32,33,35,41)/t18?,21-,22+,24?,28-,48?/m1/s1. The minimum absolute atomic E-state index is 0.118. The van der Waals surface area contributed by atoms with Gasteiger partial charge in [-0.3, -0.25) is 23.7 Å². The molecule has 1 saturated heterocycles. The molecule has 0 bridgehead atoms. The number of carbonyl (C=O) groups is 2. The molecule has 0 spiro atoms. The number of hydrogen-bond donors (Lipinski definition) is 3. The maximum absolute atomic E-state index is 13.9. The zero-order valence-corrected chi connectivity index (χ0v) is 27.0. The number of aliphatic hydroxyl groups is 1. The molecule has 18 nitrogen and oxygen atoms in total. The van der Waals surface area contributed by atoms with Crippen molar-refractivity contribution in [2.45, 2.75) is 57.4 Å². The number of fused-ring (bicyclic) bond motifs is 1. The van der Waals surface area contributed by atoms with Crippen LogP contribution in [0.4, 0.5) is 5.82 Å². The third kappa shape index (κ3) is 8.12. The zero-order chi connectivity index (χ0) is 34.3. The Kier molecular flexibility index (Phi) is 11.0. The van der Waals surface area contributed by atoms with Gasteiger partial charge in [-0.1, -0.05) is 23.3 Å². The van der Waals surface area contributed by atoms with Gasteiger partial charge in [0, 0.05) is 22.9 Å². The normalized spacial score (nSPS) is 20.9. The van der Waals surface area contributed by atoms with Crippen LogP contribution in [0, 0.1) is 0 Å². The number of nitrogens with zero attached hydrogens (tertiary/aromatic N) is 8. The van der Waals surface area contributed by atoms with Crippen molar-refractivity contribution >= 4 is 36.4 Å². The maximum Gasteiger partial charge on any atom is 0.342 e. The van der Waals surface area contributed by atoms with E-state index in [1.165, 1.54) is 48.7 Å². The van der Waals surface area contributed by atoms with Crippen LogP contribution in [-0.2, 0) is 23.6 Å². The maximum atomic E-state index is 13.9. The van der Waals surface area contributed by atoms with E-state index in [2.05, 4.69) is 40.4 Å². The molecule has 1 aliphatic rings. The second kappa shape index (κ2) is 15.3. The third-order valence-corrected chi connectivity index (χ3v) is 8.77. The summed E-state index contributed by atoms with van der Waals surface area (Å²) in [5, 5.41) is 20.3. The molecular formula is C29H33N10O8P. The summed E-state index contributed by atoms with van der Waals surface area (Å²) in [6, 6.07) is 9.27. The van der Waals surface area contributed by atoms with Gasteiger partial charge >= 0.3 is 13.5 Å². The van der Waals surface area contributed by atoms with E-state index in [1.54, 1.807) is 44.2 Å². The number of aliphatic hydroxyl groups excluding tert-OH is 1. The van der Waals surface area contributed by atoms with E-state index in [9.17, 15) is 24.8 Å². The molecule has 48 heavy (non-hydrogen) atoms. The van der Waals surface area contributed by atoms with Gasteiger partial charge < -0.3 is 29.2 Å². The molecule has 0 aliphatic carbocycles. The Hall–Kier alpha value is -4.96. The molecular weight excluding hydrogens is 647 g/mol. The number of ether oxygens (including phenoxy) is 3. The van der Waals surface area contributed by atoms with Crippen molar-refractivity contribution in [3.05, 3.63) is 83.5 Å². The molecule has 3 aromatic heterocycles. The summed E-state index contributed by atoms with van der Waals surface area (Å²) in [7, 11) is -3.90. The predicted octanol–water partition coefficient (Wildman–Crippen LogP) is 3.59. The largest absolute Gasteiger partial charge is 0.462 e. The van der Waals surface area contributed by atoms with E-state index in [4.69, 9.17) is 18.7 Å². The first-order chi connectivity index (χ1) is 23.1. The van der Waals surface area contributed by atoms with Crippen molar-refractivity contribution in [3.63, 3.8) is 0 Å². The van der Waals surface area contributed by atoms with Gasteiger partial charge in [-0.25, -0.2) is 20.0 Å². The van der Waals surface area contributed by atoms with Gasteiger partial charge in [-0.05, 0) is 50.6 Å². The Labute approximate surface area is 274 Å². The first-order valence-electron chi connectivity index (χ1n) is 14.7. The first-order valence-corrected chi connectivity index (χ1v) is 16.6. The van der Waals surface area contributed by atoms with Crippen LogP contribution >= 0.6 is 7.52 Å². The molecule has 1 aromatic carbocycles. The summed E-state index contributed by atoms with van der Waals surface area (Å²) >= 11 is 0. The van der Waals surface area contributed by atoms with Gasteiger partial charge in [0.05, 0.1) is 31.2 Å². The molecule has 4 heterocycles. The fourth-order valence-electron chi connectivity index (χ4n) is 4.82. The Bertz CT molecular complexity index is 1820. The van der Waals surface area contributed by atoms with Gasteiger partial charge in [0.2, 0.25) is 0 Å². The monoisotopic (exact) mass is 680 g/mol. The molecule has 252 valence electrons. The van der Waals surface area contributed by atoms with Crippen molar-refractivity contribution in [1.29, 1.82) is 0 Å². The fourth-order valence-corrected chi connectivity index (χ4v) is 6.51. The van der Waals surface area contributed by atoms with E-state index in [1.807, 2.05) is 0 Å². The van der Waals surface area contributed by atoms with Crippen molar-refractivity contribution in [3.8, 4) is 5.75 Å². The van der Waals surface area contributed by atoms with E-state index in [-0.39, 0.29) is 35.4 Å². The second-order valence-electron chi connectivity index (χ2n) is 10.9. The van der Waals surface area contributed by atoms with Gasteiger partial charge in [-0.15, -0.1) is 0 Å². The number of esters is 1. The van der Waals surface area contributed by atoms with Crippen LogP contribution in [-0.4, -0.2) is 84.8 Å². The minimum atomic E-state index is -3.90. The van der Waals surface area contributed by atoms with Gasteiger partial charge in [0.25, 0.3) is 5.91 Å². The number of amides is 1. The summed E-state index contributed by atoms with van der Waals surface area (Å²) in [4.78, 5) is 44.6. The number of azide groups is 1. The van der Waals surface area contributed by atoms with Crippen molar-refractivity contribution < 1.29 is 38.0 Å². The number of para-hydroxylation sites is 1. The highest BCUT2D eigenvalue weighted by Crippen LogP contribution is 2.44. The second-order valence-corrected chi connectivity index (χ2v) is 12.9. The molecule has 4 aromatic rings.